The summed E-state index contributed by atoms with van der Waals surface area (Å²) in [7, 11) is 6.25. The highest BCUT2D eigenvalue weighted by Crippen LogP contribution is 2.32. The lowest BCUT2D eigenvalue weighted by Crippen LogP contribution is -2.13. The van der Waals surface area contributed by atoms with Gasteiger partial charge in [-0.3, -0.25) is 4.79 Å². The van der Waals surface area contributed by atoms with Gasteiger partial charge in [0.05, 0.1) is 34.1 Å². The molecule has 32 heavy (non-hydrogen) atoms. The van der Waals surface area contributed by atoms with Crippen molar-refractivity contribution in [2.45, 2.75) is 0 Å². The van der Waals surface area contributed by atoms with E-state index in [9.17, 15) is 4.79 Å². The predicted molar refractivity (Wildman–Crippen MR) is 119 cm³/mol. The largest absolute Gasteiger partial charge is 0.497 e. The SMILES string of the molecule is COc1cc(NC(=O)c2cc3nccc(-c4ccc(OC)c(OC)c4)n3n2)cc(OC)c1. The quantitative estimate of drug-likeness (QED) is 0.474. The minimum absolute atomic E-state index is 0.215. The van der Waals surface area contributed by atoms with Crippen molar-refractivity contribution in [2.24, 2.45) is 0 Å². The number of nitrogens with zero attached hydrogens (tertiary/aromatic N) is 3. The van der Waals surface area contributed by atoms with E-state index in [4.69, 9.17) is 18.9 Å². The summed E-state index contributed by atoms with van der Waals surface area (Å²) in [5.74, 6) is 1.95. The van der Waals surface area contributed by atoms with Crippen LogP contribution in [-0.2, 0) is 0 Å². The lowest BCUT2D eigenvalue weighted by Gasteiger charge is -2.10. The first-order valence-electron chi connectivity index (χ1n) is 9.68. The van der Waals surface area contributed by atoms with Crippen molar-refractivity contribution in [1.29, 1.82) is 0 Å². The van der Waals surface area contributed by atoms with Crippen LogP contribution in [0.4, 0.5) is 5.69 Å². The number of nitrogens with one attached hydrogen (secondary N) is 1. The van der Waals surface area contributed by atoms with Crippen LogP contribution < -0.4 is 24.3 Å². The number of ether oxygens (including phenoxy) is 4. The Bertz CT molecular complexity index is 1260. The van der Waals surface area contributed by atoms with Crippen LogP contribution in [0.15, 0.2) is 54.7 Å². The highest BCUT2D eigenvalue weighted by atomic mass is 16.5. The number of aromatic nitrogens is 3. The first kappa shape index (κ1) is 21.0. The van der Waals surface area contributed by atoms with Crippen molar-refractivity contribution >= 4 is 17.2 Å². The molecule has 9 nitrogen and oxygen atoms in total. The molecule has 9 heteroatoms. The third-order valence-electron chi connectivity index (χ3n) is 4.88. The highest BCUT2D eigenvalue weighted by molar-refractivity contribution is 6.03. The summed E-state index contributed by atoms with van der Waals surface area (Å²) >= 11 is 0. The molecule has 0 bridgehead atoms. The molecule has 164 valence electrons. The summed E-state index contributed by atoms with van der Waals surface area (Å²) in [6.07, 6.45) is 1.66. The third kappa shape index (κ3) is 4.00. The zero-order valence-electron chi connectivity index (χ0n) is 18.1. The van der Waals surface area contributed by atoms with Crippen molar-refractivity contribution in [3.8, 4) is 34.3 Å². The Kier molecular flexibility index (Phi) is 5.80. The highest BCUT2D eigenvalue weighted by Gasteiger charge is 2.16. The van der Waals surface area contributed by atoms with Crippen LogP contribution in [-0.4, -0.2) is 48.9 Å². The van der Waals surface area contributed by atoms with Gasteiger partial charge in [-0.15, -0.1) is 0 Å². The number of carbonyl (C=O) groups excluding carboxylic acids is 1. The van der Waals surface area contributed by atoms with Crippen LogP contribution in [0.25, 0.3) is 16.9 Å². The average Bonchev–Trinajstić information content (AvgIpc) is 3.28. The second-order valence-electron chi connectivity index (χ2n) is 6.75. The summed E-state index contributed by atoms with van der Waals surface area (Å²) in [4.78, 5) is 17.2. The fourth-order valence-corrected chi connectivity index (χ4v) is 3.30. The number of anilines is 1. The second-order valence-corrected chi connectivity index (χ2v) is 6.75. The van der Waals surface area contributed by atoms with Gasteiger partial charge in [0, 0.05) is 41.7 Å². The maximum absolute atomic E-state index is 12.9. The molecule has 0 aliphatic heterocycles. The smallest absolute Gasteiger partial charge is 0.276 e. The minimum atomic E-state index is -0.385. The van der Waals surface area contributed by atoms with E-state index in [2.05, 4.69) is 15.4 Å². The molecule has 0 saturated heterocycles. The number of hydrogen-bond acceptors (Lipinski definition) is 7. The van der Waals surface area contributed by atoms with Gasteiger partial charge in [0.25, 0.3) is 5.91 Å². The predicted octanol–water partition coefficient (Wildman–Crippen LogP) is 3.68. The molecule has 1 amide bonds. The number of rotatable bonds is 7. The molecular formula is C23H22N4O5. The summed E-state index contributed by atoms with van der Waals surface area (Å²) in [5.41, 5.74) is 2.86. The molecule has 0 atom stereocenters. The van der Waals surface area contributed by atoms with E-state index in [0.29, 0.717) is 34.3 Å². The molecule has 0 saturated carbocycles. The second kappa shape index (κ2) is 8.84. The molecule has 2 heterocycles. The van der Waals surface area contributed by atoms with Crippen molar-refractivity contribution in [1.82, 2.24) is 14.6 Å². The van der Waals surface area contributed by atoms with Crippen LogP contribution in [0, 0.1) is 0 Å². The Morgan fingerprint density at radius 2 is 1.56 bits per heavy atom. The van der Waals surface area contributed by atoms with Gasteiger partial charge in [0.2, 0.25) is 0 Å². The van der Waals surface area contributed by atoms with E-state index in [0.717, 1.165) is 11.3 Å². The van der Waals surface area contributed by atoms with E-state index in [1.54, 1.807) is 63.4 Å². The van der Waals surface area contributed by atoms with Gasteiger partial charge < -0.3 is 24.3 Å². The van der Waals surface area contributed by atoms with Crippen LogP contribution in [0.2, 0.25) is 0 Å². The molecule has 4 aromatic rings. The van der Waals surface area contributed by atoms with Crippen LogP contribution in [0.3, 0.4) is 0 Å². The van der Waals surface area contributed by atoms with Crippen LogP contribution >= 0.6 is 0 Å². The number of methoxy groups -OCH3 is 4. The molecule has 2 aromatic heterocycles. The zero-order chi connectivity index (χ0) is 22.7. The third-order valence-corrected chi connectivity index (χ3v) is 4.88. The Labute approximate surface area is 184 Å². The molecular weight excluding hydrogens is 412 g/mol. The number of carbonyl (C=O) groups is 1. The van der Waals surface area contributed by atoms with Crippen molar-refractivity contribution < 1.29 is 23.7 Å². The Morgan fingerprint density at radius 1 is 0.844 bits per heavy atom. The minimum Gasteiger partial charge on any atom is -0.497 e. The van der Waals surface area contributed by atoms with E-state index >= 15 is 0 Å². The van der Waals surface area contributed by atoms with Gasteiger partial charge in [-0.2, -0.15) is 5.10 Å². The Morgan fingerprint density at radius 3 is 2.22 bits per heavy atom. The molecule has 0 unspecified atom stereocenters. The first-order valence-corrected chi connectivity index (χ1v) is 9.68. The fraction of sp³-hybridized carbons (Fsp3) is 0.174. The normalized spacial score (nSPS) is 10.6. The van der Waals surface area contributed by atoms with Gasteiger partial charge >= 0.3 is 0 Å². The van der Waals surface area contributed by atoms with Crippen LogP contribution in [0.1, 0.15) is 10.5 Å². The van der Waals surface area contributed by atoms with E-state index in [1.165, 1.54) is 0 Å². The van der Waals surface area contributed by atoms with Crippen molar-refractivity contribution in [3.05, 3.63) is 60.4 Å². The molecule has 2 aromatic carbocycles. The van der Waals surface area contributed by atoms with Gasteiger partial charge in [-0.25, -0.2) is 9.50 Å². The molecule has 4 rings (SSSR count). The lowest BCUT2D eigenvalue weighted by molar-refractivity contribution is 0.102. The van der Waals surface area contributed by atoms with E-state index in [1.807, 2.05) is 24.3 Å². The van der Waals surface area contributed by atoms with Gasteiger partial charge in [0.1, 0.15) is 11.5 Å². The molecule has 0 aliphatic rings. The first-order chi connectivity index (χ1) is 15.6. The monoisotopic (exact) mass is 434 g/mol. The standard InChI is InChI=1S/C23H22N4O5/c1-29-16-10-15(11-17(12-16)30-2)25-23(28)18-13-22-24-8-7-19(27(22)26-18)14-5-6-20(31-3)21(9-14)32-4/h5-13H,1-4H3,(H,25,28). The van der Waals surface area contributed by atoms with Gasteiger partial charge in [0.15, 0.2) is 22.8 Å². The fourth-order valence-electron chi connectivity index (χ4n) is 3.30. The number of fused-ring (bicyclic) bond motifs is 1. The Hall–Kier alpha value is -4.27. The van der Waals surface area contributed by atoms with E-state index in [-0.39, 0.29) is 11.6 Å². The topological polar surface area (TPSA) is 96.2 Å². The van der Waals surface area contributed by atoms with Gasteiger partial charge in [-0.1, -0.05) is 0 Å². The number of benzene rings is 2. The molecule has 0 spiro atoms. The molecule has 0 fully saturated rings. The molecule has 0 radical (unpaired) electrons. The van der Waals surface area contributed by atoms with Crippen molar-refractivity contribution in [3.63, 3.8) is 0 Å². The summed E-state index contributed by atoms with van der Waals surface area (Å²) in [6, 6.07) is 14.1. The molecule has 1 N–H and O–H groups in total. The average molecular weight is 434 g/mol. The van der Waals surface area contributed by atoms with Crippen molar-refractivity contribution in [2.75, 3.05) is 33.8 Å². The molecule has 0 aliphatic carbocycles. The summed E-state index contributed by atoms with van der Waals surface area (Å²) in [6.45, 7) is 0. The maximum Gasteiger partial charge on any atom is 0.276 e. The maximum atomic E-state index is 12.9. The van der Waals surface area contributed by atoms with Gasteiger partial charge in [-0.05, 0) is 24.3 Å². The number of amides is 1. The lowest BCUT2D eigenvalue weighted by atomic mass is 10.1. The zero-order valence-corrected chi connectivity index (χ0v) is 18.1. The van der Waals surface area contributed by atoms with Crippen LogP contribution in [0.5, 0.6) is 23.0 Å². The summed E-state index contributed by atoms with van der Waals surface area (Å²) in [5, 5.41) is 7.30. The summed E-state index contributed by atoms with van der Waals surface area (Å²) < 4.78 is 22.8. The number of hydrogen-bond donors (Lipinski definition) is 1. The Balaban J connectivity index is 1.69. The van der Waals surface area contributed by atoms with E-state index < -0.39 is 0 Å².